The Bertz CT molecular complexity index is 1520. The molecule has 0 aliphatic carbocycles. The van der Waals surface area contributed by atoms with E-state index in [-0.39, 0.29) is 23.8 Å². The number of carbonyl (C=O) groups is 2. The van der Waals surface area contributed by atoms with Crippen LogP contribution < -0.4 is 14.4 Å². The quantitative estimate of drug-likeness (QED) is 0.266. The monoisotopic (exact) mass is 456 g/mol. The second kappa shape index (κ2) is 7.48. The van der Waals surface area contributed by atoms with Gasteiger partial charge in [-0.15, -0.1) is 0 Å². The molecular formula is C26H17FN2O5. The SMILES string of the molecule is O=C1C(=O)N(c2cccc(F)c2)C(c2c[nH]c3ccccc23)/C1=C(\O)c1ccc2c(c1)OCO2. The van der Waals surface area contributed by atoms with Gasteiger partial charge in [0, 0.05) is 33.9 Å². The number of benzene rings is 3. The number of anilines is 1. The van der Waals surface area contributed by atoms with E-state index in [1.165, 1.54) is 23.1 Å². The molecule has 2 aliphatic heterocycles. The smallest absolute Gasteiger partial charge is 0.300 e. The number of rotatable bonds is 3. The number of fused-ring (bicyclic) bond motifs is 2. The molecule has 3 aromatic carbocycles. The number of aromatic nitrogens is 1. The van der Waals surface area contributed by atoms with Gasteiger partial charge in [0.2, 0.25) is 6.79 Å². The van der Waals surface area contributed by atoms with Gasteiger partial charge in [0.1, 0.15) is 11.6 Å². The first-order valence-electron chi connectivity index (χ1n) is 10.6. The Labute approximate surface area is 192 Å². The lowest BCUT2D eigenvalue weighted by atomic mass is 9.94. The number of para-hydroxylation sites is 1. The van der Waals surface area contributed by atoms with Crippen LogP contribution in [0.3, 0.4) is 0 Å². The molecule has 1 aromatic heterocycles. The average Bonchev–Trinajstić information content (AvgIpc) is 3.55. The summed E-state index contributed by atoms with van der Waals surface area (Å²) in [5.41, 5.74) is 1.80. The number of ketones is 1. The highest BCUT2D eigenvalue weighted by atomic mass is 19.1. The molecule has 0 bridgehead atoms. The predicted molar refractivity (Wildman–Crippen MR) is 122 cm³/mol. The Morgan fingerprint density at radius 1 is 1.00 bits per heavy atom. The number of nitrogens with zero attached hydrogens (tertiary/aromatic N) is 1. The third-order valence-corrected chi connectivity index (χ3v) is 6.09. The van der Waals surface area contributed by atoms with Crippen molar-refractivity contribution in [3.05, 3.63) is 95.4 Å². The van der Waals surface area contributed by atoms with Crippen LogP contribution in [0.2, 0.25) is 0 Å². The van der Waals surface area contributed by atoms with E-state index in [1.54, 1.807) is 30.5 Å². The van der Waals surface area contributed by atoms with Crippen LogP contribution in [0.1, 0.15) is 17.2 Å². The number of hydrogen-bond donors (Lipinski definition) is 2. The normalized spacial score (nSPS) is 18.7. The lowest BCUT2D eigenvalue weighted by molar-refractivity contribution is -0.132. The van der Waals surface area contributed by atoms with Crippen LogP contribution in [0.4, 0.5) is 10.1 Å². The lowest BCUT2D eigenvalue weighted by Crippen LogP contribution is -2.29. The molecule has 4 aromatic rings. The summed E-state index contributed by atoms with van der Waals surface area (Å²) >= 11 is 0. The van der Waals surface area contributed by atoms with E-state index >= 15 is 0 Å². The van der Waals surface area contributed by atoms with Crippen molar-refractivity contribution >= 4 is 34.0 Å². The maximum Gasteiger partial charge on any atom is 0.300 e. The second-order valence-electron chi connectivity index (χ2n) is 8.01. The van der Waals surface area contributed by atoms with Crippen molar-refractivity contribution in [3.63, 3.8) is 0 Å². The average molecular weight is 456 g/mol. The molecule has 0 spiro atoms. The predicted octanol–water partition coefficient (Wildman–Crippen LogP) is 4.66. The Morgan fingerprint density at radius 2 is 1.82 bits per heavy atom. The van der Waals surface area contributed by atoms with Crippen LogP contribution in [-0.4, -0.2) is 28.6 Å². The van der Waals surface area contributed by atoms with Crippen LogP contribution in [0.15, 0.2) is 78.5 Å². The summed E-state index contributed by atoms with van der Waals surface area (Å²) in [7, 11) is 0. The van der Waals surface area contributed by atoms with Crippen molar-refractivity contribution in [2.75, 3.05) is 11.7 Å². The molecule has 2 aliphatic rings. The summed E-state index contributed by atoms with van der Waals surface area (Å²) in [5, 5.41) is 12.1. The molecule has 1 fully saturated rings. The van der Waals surface area contributed by atoms with Crippen molar-refractivity contribution in [1.29, 1.82) is 0 Å². The van der Waals surface area contributed by atoms with Gasteiger partial charge < -0.3 is 19.6 Å². The summed E-state index contributed by atoms with van der Waals surface area (Å²) in [4.78, 5) is 30.9. The fourth-order valence-electron chi connectivity index (χ4n) is 4.54. The van der Waals surface area contributed by atoms with E-state index in [1.807, 2.05) is 24.3 Å². The molecule has 3 heterocycles. The molecule has 0 radical (unpaired) electrons. The van der Waals surface area contributed by atoms with Gasteiger partial charge >= 0.3 is 0 Å². The van der Waals surface area contributed by atoms with Gasteiger partial charge in [-0.25, -0.2) is 4.39 Å². The third-order valence-electron chi connectivity index (χ3n) is 6.09. The van der Waals surface area contributed by atoms with Gasteiger partial charge in [-0.2, -0.15) is 0 Å². The van der Waals surface area contributed by atoms with Gasteiger partial charge in [-0.1, -0.05) is 24.3 Å². The number of halogens is 1. The van der Waals surface area contributed by atoms with E-state index in [9.17, 15) is 19.1 Å². The summed E-state index contributed by atoms with van der Waals surface area (Å²) in [5.74, 6) is -1.69. The first kappa shape index (κ1) is 20.0. The molecule has 1 atom stereocenters. The molecule has 7 nitrogen and oxygen atoms in total. The highest BCUT2D eigenvalue weighted by Crippen LogP contribution is 2.45. The number of aliphatic hydroxyl groups is 1. The minimum absolute atomic E-state index is 0.0544. The molecule has 34 heavy (non-hydrogen) atoms. The highest BCUT2D eigenvalue weighted by Gasteiger charge is 2.47. The van der Waals surface area contributed by atoms with Crippen LogP contribution in [0.25, 0.3) is 16.7 Å². The molecule has 168 valence electrons. The fourth-order valence-corrected chi connectivity index (χ4v) is 4.54. The maximum atomic E-state index is 14.1. The topological polar surface area (TPSA) is 91.9 Å². The first-order valence-corrected chi connectivity index (χ1v) is 10.6. The van der Waals surface area contributed by atoms with E-state index in [2.05, 4.69) is 4.98 Å². The van der Waals surface area contributed by atoms with Crippen molar-refractivity contribution in [2.45, 2.75) is 6.04 Å². The number of aliphatic hydroxyl groups excluding tert-OH is 1. The van der Waals surface area contributed by atoms with Gasteiger partial charge in [0.25, 0.3) is 11.7 Å². The van der Waals surface area contributed by atoms with E-state index in [0.717, 1.165) is 10.9 Å². The number of aromatic amines is 1. The van der Waals surface area contributed by atoms with Crippen molar-refractivity contribution in [1.82, 2.24) is 4.98 Å². The Kier molecular flexibility index (Phi) is 4.41. The first-order chi connectivity index (χ1) is 16.5. The van der Waals surface area contributed by atoms with Crippen LogP contribution in [0, 0.1) is 5.82 Å². The maximum absolute atomic E-state index is 14.1. The van der Waals surface area contributed by atoms with E-state index < -0.39 is 23.5 Å². The molecule has 1 saturated heterocycles. The Balaban J connectivity index is 1.60. The zero-order valence-corrected chi connectivity index (χ0v) is 17.6. The number of nitrogens with one attached hydrogen (secondary N) is 1. The molecule has 1 unspecified atom stereocenters. The summed E-state index contributed by atoms with van der Waals surface area (Å²) in [6.45, 7) is 0.0544. The standard InChI is InChI=1S/C26H17FN2O5/c27-15-4-3-5-16(11-15)29-23(18-12-28-19-7-2-1-6-17(18)19)22(25(31)26(29)32)24(30)14-8-9-20-21(10-14)34-13-33-20/h1-12,23,28,30H,13H2/b24-22+. The summed E-state index contributed by atoms with van der Waals surface area (Å²) < 4.78 is 24.8. The summed E-state index contributed by atoms with van der Waals surface area (Å²) in [6, 6.07) is 16.7. The molecule has 1 amide bonds. The number of H-pyrrole nitrogens is 1. The van der Waals surface area contributed by atoms with Crippen molar-refractivity contribution in [2.24, 2.45) is 0 Å². The Morgan fingerprint density at radius 3 is 2.68 bits per heavy atom. The zero-order chi connectivity index (χ0) is 23.4. The summed E-state index contributed by atoms with van der Waals surface area (Å²) in [6.07, 6.45) is 1.69. The van der Waals surface area contributed by atoms with Crippen molar-refractivity contribution < 1.29 is 28.6 Å². The number of Topliss-reactive ketones (excluding diaryl/α,β-unsaturated/α-hetero) is 1. The fraction of sp³-hybridized carbons (Fsp3) is 0.0769. The van der Waals surface area contributed by atoms with Crippen LogP contribution in [0.5, 0.6) is 11.5 Å². The highest BCUT2D eigenvalue weighted by molar-refractivity contribution is 6.51. The molecular weight excluding hydrogens is 439 g/mol. The van der Waals surface area contributed by atoms with E-state index in [4.69, 9.17) is 9.47 Å². The third kappa shape index (κ3) is 2.96. The van der Waals surface area contributed by atoms with Crippen molar-refractivity contribution in [3.8, 4) is 11.5 Å². The molecule has 2 N–H and O–H groups in total. The Hall–Kier alpha value is -4.59. The lowest BCUT2D eigenvalue weighted by Gasteiger charge is -2.25. The van der Waals surface area contributed by atoms with Crippen LogP contribution in [-0.2, 0) is 9.59 Å². The number of amides is 1. The van der Waals surface area contributed by atoms with Gasteiger partial charge in [0.05, 0.1) is 11.6 Å². The zero-order valence-electron chi connectivity index (χ0n) is 17.6. The molecule has 8 heteroatoms. The molecule has 0 saturated carbocycles. The number of carbonyl (C=O) groups excluding carboxylic acids is 2. The molecule has 6 rings (SSSR count). The van der Waals surface area contributed by atoms with Gasteiger partial charge in [-0.05, 0) is 42.5 Å². The van der Waals surface area contributed by atoms with E-state index in [0.29, 0.717) is 22.6 Å². The van der Waals surface area contributed by atoms with Gasteiger partial charge in [-0.3, -0.25) is 14.5 Å². The minimum Gasteiger partial charge on any atom is -0.507 e. The largest absolute Gasteiger partial charge is 0.507 e. The number of hydrogen-bond acceptors (Lipinski definition) is 5. The minimum atomic E-state index is -0.983. The van der Waals surface area contributed by atoms with Crippen LogP contribution >= 0.6 is 0 Å². The number of ether oxygens (including phenoxy) is 2. The van der Waals surface area contributed by atoms with Gasteiger partial charge in [0.15, 0.2) is 11.5 Å². The second-order valence-corrected chi connectivity index (χ2v) is 8.01.